The zero-order chi connectivity index (χ0) is 28.8. The number of aliphatic hydroxyl groups is 1. The molecular weight excluding hydrogens is 569 g/mol. The molecule has 1 aromatic heterocycles. The van der Waals surface area contributed by atoms with E-state index >= 15 is 0 Å². The Labute approximate surface area is 245 Å². The van der Waals surface area contributed by atoms with Gasteiger partial charge in [0.05, 0.1) is 16.7 Å². The topological polar surface area (TPSA) is 127 Å². The lowest BCUT2D eigenvalue weighted by molar-refractivity contribution is -0.140. The summed E-state index contributed by atoms with van der Waals surface area (Å²) in [7, 11) is 0. The van der Waals surface area contributed by atoms with Gasteiger partial charge in [0.15, 0.2) is 0 Å². The third kappa shape index (κ3) is 6.78. The number of nitrogens with zero attached hydrogens (tertiary/aromatic N) is 2. The Morgan fingerprint density at radius 1 is 0.878 bits per heavy atom. The van der Waals surface area contributed by atoms with E-state index < -0.39 is 18.6 Å². The van der Waals surface area contributed by atoms with Gasteiger partial charge in [-0.3, -0.25) is 10.1 Å². The van der Waals surface area contributed by atoms with Gasteiger partial charge in [0.2, 0.25) is 0 Å². The van der Waals surface area contributed by atoms with E-state index in [1.807, 2.05) is 54.6 Å². The number of aliphatic hydroxyl groups excluding tert-OH is 1. The molecule has 11 heteroatoms. The van der Waals surface area contributed by atoms with Gasteiger partial charge in [0.25, 0.3) is 0 Å². The molecule has 9 nitrogen and oxygen atoms in total. The van der Waals surface area contributed by atoms with Gasteiger partial charge in [-0.1, -0.05) is 77.8 Å². The second kappa shape index (κ2) is 13.0. The number of carboxylic acid groups (broad SMARTS) is 1. The predicted molar refractivity (Wildman–Crippen MR) is 154 cm³/mol. The summed E-state index contributed by atoms with van der Waals surface area (Å²) in [5.41, 5.74) is 5.27. The number of aliphatic carboxylic acids is 1. The van der Waals surface area contributed by atoms with Crippen LogP contribution in [0.2, 0.25) is 10.0 Å². The highest BCUT2D eigenvalue weighted by atomic mass is 35.5. The highest BCUT2D eigenvalue weighted by molar-refractivity contribution is 6.34. The standard InChI is InChI=1S/C30H25Cl2N3O6/c31-23-12-21(14-33-26(15-36)30(37)38)27(39-16-18-9-10-24-25(11-18)35-41-34-24)13-28(23)40-17-20-7-4-8-22(29(20)32)19-5-2-1-3-6-19/h1-13,26,33,36H,14-17H2,(H,37,38)/t26-/m1/s1. The first-order valence-corrected chi connectivity index (χ1v) is 13.4. The van der Waals surface area contributed by atoms with Crippen molar-refractivity contribution in [3.8, 4) is 22.6 Å². The van der Waals surface area contributed by atoms with Crippen LogP contribution in [0.3, 0.4) is 0 Å². The van der Waals surface area contributed by atoms with Gasteiger partial charge in [-0.25, -0.2) is 4.63 Å². The Hall–Kier alpha value is -4.15. The molecule has 0 aliphatic rings. The zero-order valence-electron chi connectivity index (χ0n) is 21.6. The summed E-state index contributed by atoms with van der Waals surface area (Å²) in [5, 5.41) is 30.1. The first kappa shape index (κ1) is 28.4. The van der Waals surface area contributed by atoms with E-state index in [4.69, 9.17) is 37.3 Å². The summed E-state index contributed by atoms with van der Waals surface area (Å²) < 4.78 is 17.0. The number of carbonyl (C=O) groups is 1. The van der Waals surface area contributed by atoms with Crippen LogP contribution in [0.4, 0.5) is 0 Å². The molecule has 1 atom stereocenters. The monoisotopic (exact) mass is 593 g/mol. The number of hydrogen-bond donors (Lipinski definition) is 3. The van der Waals surface area contributed by atoms with E-state index in [1.54, 1.807) is 24.3 Å². The van der Waals surface area contributed by atoms with Crippen molar-refractivity contribution in [1.29, 1.82) is 0 Å². The van der Waals surface area contributed by atoms with Gasteiger partial charge in [-0.15, -0.1) is 0 Å². The van der Waals surface area contributed by atoms with E-state index in [9.17, 15) is 15.0 Å². The summed E-state index contributed by atoms with van der Waals surface area (Å²) in [6, 6.07) is 23.1. The quantitative estimate of drug-likeness (QED) is 0.162. The molecule has 0 saturated heterocycles. The normalized spacial score (nSPS) is 11.9. The third-order valence-electron chi connectivity index (χ3n) is 6.39. The summed E-state index contributed by atoms with van der Waals surface area (Å²) in [4.78, 5) is 11.4. The maximum Gasteiger partial charge on any atom is 0.323 e. The molecule has 5 rings (SSSR count). The van der Waals surface area contributed by atoms with Crippen molar-refractivity contribution in [3.63, 3.8) is 0 Å². The molecular formula is C30H25Cl2N3O6. The van der Waals surface area contributed by atoms with Crippen molar-refractivity contribution in [2.75, 3.05) is 6.61 Å². The maximum absolute atomic E-state index is 11.4. The van der Waals surface area contributed by atoms with Crippen molar-refractivity contribution >= 4 is 40.2 Å². The van der Waals surface area contributed by atoms with Crippen LogP contribution in [0.25, 0.3) is 22.2 Å². The van der Waals surface area contributed by atoms with Gasteiger partial charge in [-0.05, 0) is 39.6 Å². The van der Waals surface area contributed by atoms with Gasteiger partial charge < -0.3 is 19.7 Å². The summed E-state index contributed by atoms with van der Waals surface area (Å²) in [6.07, 6.45) is 0. The Morgan fingerprint density at radius 3 is 2.44 bits per heavy atom. The lowest BCUT2D eigenvalue weighted by Gasteiger charge is -2.18. The molecule has 210 valence electrons. The fourth-order valence-corrected chi connectivity index (χ4v) is 4.72. The number of aromatic nitrogens is 2. The molecule has 0 radical (unpaired) electrons. The Morgan fingerprint density at radius 2 is 1.66 bits per heavy atom. The highest BCUT2D eigenvalue weighted by Crippen LogP contribution is 2.36. The molecule has 1 heterocycles. The zero-order valence-corrected chi connectivity index (χ0v) is 23.1. The Bertz CT molecular complexity index is 1660. The van der Waals surface area contributed by atoms with E-state index in [-0.39, 0.29) is 19.8 Å². The summed E-state index contributed by atoms with van der Waals surface area (Å²) in [5.74, 6) is -0.397. The molecule has 5 aromatic rings. The second-order valence-electron chi connectivity index (χ2n) is 9.15. The lowest BCUT2D eigenvalue weighted by atomic mass is 10.0. The minimum Gasteiger partial charge on any atom is -0.488 e. The molecule has 0 amide bonds. The number of fused-ring (bicyclic) bond motifs is 1. The van der Waals surface area contributed by atoms with Crippen LogP contribution in [0.1, 0.15) is 16.7 Å². The molecule has 4 aromatic carbocycles. The van der Waals surface area contributed by atoms with Crippen molar-refractivity contribution in [3.05, 3.63) is 106 Å². The predicted octanol–water partition coefficient (Wildman–Crippen LogP) is 5.89. The van der Waals surface area contributed by atoms with Crippen molar-refractivity contribution in [1.82, 2.24) is 15.6 Å². The van der Waals surface area contributed by atoms with Crippen LogP contribution in [0.15, 0.2) is 83.5 Å². The highest BCUT2D eigenvalue weighted by Gasteiger charge is 2.18. The minimum atomic E-state index is -1.18. The third-order valence-corrected chi connectivity index (χ3v) is 7.14. The Balaban J connectivity index is 1.38. The van der Waals surface area contributed by atoms with Crippen LogP contribution < -0.4 is 14.8 Å². The number of halogens is 2. The first-order chi connectivity index (χ1) is 19.9. The smallest absolute Gasteiger partial charge is 0.323 e. The number of benzene rings is 4. The van der Waals surface area contributed by atoms with Gasteiger partial charge in [0.1, 0.15) is 41.8 Å². The second-order valence-corrected chi connectivity index (χ2v) is 9.94. The fourth-order valence-electron chi connectivity index (χ4n) is 4.19. The molecule has 0 bridgehead atoms. The van der Waals surface area contributed by atoms with E-state index in [0.717, 1.165) is 22.3 Å². The molecule has 3 N–H and O–H groups in total. The van der Waals surface area contributed by atoms with Gasteiger partial charge in [0, 0.05) is 29.3 Å². The van der Waals surface area contributed by atoms with Crippen LogP contribution in [-0.4, -0.2) is 39.1 Å². The largest absolute Gasteiger partial charge is 0.488 e. The molecule has 0 spiro atoms. The van der Waals surface area contributed by atoms with E-state index in [0.29, 0.717) is 38.1 Å². The number of ether oxygens (including phenoxy) is 2. The van der Waals surface area contributed by atoms with Gasteiger partial charge >= 0.3 is 5.97 Å². The average molecular weight is 594 g/mol. The molecule has 0 saturated carbocycles. The maximum atomic E-state index is 11.4. The fraction of sp³-hybridized carbons (Fsp3) is 0.167. The number of nitrogens with one attached hydrogen (secondary N) is 1. The van der Waals surface area contributed by atoms with Crippen molar-refractivity contribution in [2.45, 2.75) is 25.8 Å². The average Bonchev–Trinajstić information content (AvgIpc) is 3.45. The number of rotatable bonds is 12. The van der Waals surface area contributed by atoms with E-state index in [2.05, 4.69) is 15.6 Å². The number of hydrogen-bond acceptors (Lipinski definition) is 8. The SMILES string of the molecule is O=C(O)[C@@H](CO)NCc1cc(Cl)c(OCc2cccc(-c3ccccc3)c2Cl)cc1OCc1ccc2nonc2c1. The molecule has 0 unspecified atom stereocenters. The lowest BCUT2D eigenvalue weighted by Crippen LogP contribution is -2.39. The summed E-state index contributed by atoms with van der Waals surface area (Å²) in [6.45, 7) is -0.180. The molecule has 0 fully saturated rings. The van der Waals surface area contributed by atoms with E-state index in [1.165, 1.54) is 0 Å². The van der Waals surface area contributed by atoms with Crippen molar-refractivity contribution < 1.29 is 29.1 Å². The van der Waals surface area contributed by atoms with Crippen LogP contribution in [0.5, 0.6) is 11.5 Å². The number of carboxylic acids is 1. The first-order valence-electron chi connectivity index (χ1n) is 12.6. The van der Waals surface area contributed by atoms with Crippen LogP contribution in [-0.2, 0) is 24.6 Å². The molecule has 0 aliphatic heterocycles. The van der Waals surface area contributed by atoms with Crippen molar-refractivity contribution in [2.24, 2.45) is 0 Å². The molecule has 41 heavy (non-hydrogen) atoms. The van der Waals surface area contributed by atoms with Crippen LogP contribution in [0, 0.1) is 0 Å². The minimum absolute atomic E-state index is 0.0735. The molecule has 0 aliphatic carbocycles. The summed E-state index contributed by atoms with van der Waals surface area (Å²) >= 11 is 13.3. The van der Waals surface area contributed by atoms with Gasteiger partial charge in [-0.2, -0.15) is 0 Å². The van der Waals surface area contributed by atoms with Crippen LogP contribution >= 0.6 is 23.2 Å². The Kier molecular flexibility index (Phi) is 9.01.